The van der Waals surface area contributed by atoms with E-state index in [9.17, 15) is 4.79 Å². The second kappa shape index (κ2) is 6.66. The number of fused-ring (bicyclic) bond motifs is 1. The van der Waals surface area contributed by atoms with E-state index in [0.717, 1.165) is 43.5 Å². The van der Waals surface area contributed by atoms with Crippen LogP contribution >= 0.6 is 11.8 Å². The van der Waals surface area contributed by atoms with E-state index in [1.165, 1.54) is 11.8 Å². The molecule has 1 aliphatic heterocycles. The van der Waals surface area contributed by atoms with Gasteiger partial charge in [0.2, 0.25) is 5.91 Å². The fraction of sp³-hybridized carbons (Fsp3) is 0.533. The van der Waals surface area contributed by atoms with E-state index in [4.69, 9.17) is 0 Å². The van der Waals surface area contributed by atoms with Crippen molar-refractivity contribution in [3.63, 3.8) is 0 Å². The average molecular weight is 319 g/mol. The molecule has 1 saturated heterocycles. The summed E-state index contributed by atoms with van der Waals surface area (Å²) in [6, 6.07) is 5.78. The molecule has 0 aromatic carbocycles. The van der Waals surface area contributed by atoms with Gasteiger partial charge in [0, 0.05) is 32.4 Å². The van der Waals surface area contributed by atoms with Gasteiger partial charge in [0.15, 0.2) is 10.8 Å². The number of carbonyl (C=O) groups is 1. The molecule has 3 rings (SSSR count). The molecule has 1 aliphatic rings. The summed E-state index contributed by atoms with van der Waals surface area (Å²) in [4.78, 5) is 16.9. The van der Waals surface area contributed by atoms with Crippen molar-refractivity contribution in [1.82, 2.24) is 24.4 Å². The lowest BCUT2D eigenvalue weighted by molar-refractivity contribution is -0.132. The maximum Gasteiger partial charge on any atom is 0.235 e. The first-order chi connectivity index (χ1) is 10.7. The normalized spacial score (nSPS) is 17.8. The van der Waals surface area contributed by atoms with Crippen LogP contribution in [0.4, 0.5) is 0 Å². The summed E-state index contributed by atoms with van der Waals surface area (Å²) < 4.78 is 1.92. The molecular weight excluding hydrogens is 298 g/mol. The van der Waals surface area contributed by atoms with Gasteiger partial charge in [-0.25, -0.2) is 0 Å². The van der Waals surface area contributed by atoms with Crippen molar-refractivity contribution in [3.8, 4) is 0 Å². The molecule has 0 radical (unpaired) electrons. The first-order valence-electron chi connectivity index (χ1n) is 7.66. The number of rotatable bonds is 4. The first kappa shape index (κ1) is 15.3. The van der Waals surface area contributed by atoms with E-state index in [1.807, 2.05) is 40.6 Å². The minimum atomic E-state index is -0.152. The zero-order chi connectivity index (χ0) is 15.5. The number of carbonyl (C=O) groups excluding carboxylic acids is 1. The lowest BCUT2D eigenvalue weighted by Crippen LogP contribution is -2.50. The van der Waals surface area contributed by atoms with Gasteiger partial charge in [-0.1, -0.05) is 24.8 Å². The third kappa shape index (κ3) is 3.10. The number of hydrogen-bond acceptors (Lipinski definition) is 5. The second-order valence-corrected chi connectivity index (χ2v) is 6.74. The van der Waals surface area contributed by atoms with Crippen LogP contribution in [0.15, 0.2) is 29.6 Å². The zero-order valence-corrected chi connectivity index (χ0v) is 13.8. The third-order valence-electron chi connectivity index (χ3n) is 4.04. The molecule has 118 valence electrons. The lowest BCUT2D eigenvalue weighted by atomic mass is 10.3. The van der Waals surface area contributed by atoms with Gasteiger partial charge in [0.1, 0.15) is 0 Å². The van der Waals surface area contributed by atoms with Crippen LogP contribution in [-0.2, 0) is 4.79 Å². The summed E-state index contributed by atoms with van der Waals surface area (Å²) in [6.45, 7) is 8.73. The maximum atomic E-state index is 12.6. The van der Waals surface area contributed by atoms with Crippen LogP contribution in [0.2, 0.25) is 0 Å². The molecule has 2 aromatic heterocycles. The Balaban J connectivity index is 1.64. The van der Waals surface area contributed by atoms with E-state index in [-0.39, 0.29) is 11.2 Å². The first-order valence-corrected chi connectivity index (χ1v) is 8.54. The maximum absolute atomic E-state index is 12.6. The van der Waals surface area contributed by atoms with Crippen molar-refractivity contribution in [2.75, 3.05) is 32.7 Å². The number of amides is 1. The van der Waals surface area contributed by atoms with Crippen LogP contribution in [0, 0.1) is 0 Å². The molecule has 1 amide bonds. The van der Waals surface area contributed by atoms with E-state index in [1.54, 1.807) is 0 Å². The Hall–Kier alpha value is -1.60. The van der Waals surface area contributed by atoms with Gasteiger partial charge >= 0.3 is 0 Å². The van der Waals surface area contributed by atoms with Gasteiger partial charge in [-0.2, -0.15) is 0 Å². The summed E-state index contributed by atoms with van der Waals surface area (Å²) in [7, 11) is 0. The molecule has 0 N–H and O–H groups in total. The van der Waals surface area contributed by atoms with Crippen LogP contribution < -0.4 is 0 Å². The van der Waals surface area contributed by atoms with Gasteiger partial charge in [0.25, 0.3) is 0 Å². The topological polar surface area (TPSA) is 53.7 Å². The quantitative estimate of drug-likeness (QED) is 0.797. The van der Waals surface area contributed by atoms with Crippen LogP contribution in [-0.4, -0.2) is 68.3 Å². The summed E-state index contributed by atoms with van der Waals surface area (Å²) >= 11 is 1.47. The van der Waals surface area contributed by atoms with Crippen molar-refractivity contribution >= 4 is 23.3 Å². The number of aromatic nitrogens is 3. The fourth-order valence-electron chi connectivity index (χ4n) is 2.65. The number of hydrogen-bond donors (Lipinski definition) is 0. The number of likely N-dealkylation sites (N-methyl/N-ethyl adjacent to an activating group) is 1. The summed E-state index contributed by atoms with van der Waals surface area (Å²) in [5.74, 6) is 0.188. The Morgan fingerprint density at radius 2 is 2.05 bits per heavy atom. The SMILES string of the molecule is CCN1CCN(C(=O)[C@H](C)Sc2nnc3ccccn23)CC1. The minimum Gasteiger partial charge on any atom is -0.339 e. The summed E-state index contributed by atoms with van der Waals surface area (Å²) in [5, 5.41) is 8.93. The Morgan fingerprint density at radius 3 is 2.77 bits per heavy atom. The molecule has 1 fully saturated rings. The largest absolute Gasteiger partial charge is 0.339 e. The number of thioether (sulfide) groups is 1. The molecule has 0 bridgehead atoms. The zero-order valence-electron chi connectivity index (χ0n) is 13.0. The van der Waals surface area contributed by atoms with Gasteiger partial charge in [-0.05, 0) is 25.6 Å². The van der Waals surface area contributed by atoms with Crippen LogP contribution in [0.3, 0.4) is 0 Å². The molecule has 1 atom stereocenters. The Kier molecular flexibility index (Phi) is 4.63. The molecule has 0 aliphatic carbocycles. The summed E-state index contributed by atoms with van der Waals surface area (Å²) in [6.07, 6.45) is 1.93. The highest BCUT2D eigenvalue weighted by atomic mass is 32.2. The monoisotopic (exact) mass is 319 g/mol. The van der Waals surface area contributed by atoms with Gasteiger partial charge in [-0.3, -0.25) is 9.20 Å². The predicted molar refractivity (Wildman–Crippen MR) is 87.0 cm³/mol. The lowest BCUT2D eigenvalue weighted by Gasteiger charge is -2.35. The highest BCUT2D eigenvalue weighted by Crippen LogP contribution is 2.23. The van der Waals surface area contributed by atoms with Crippen molar-refractivity contribution in [2.24, 2.45) is 0 Å². The fourth-order valence-corrected chi connectivity index (χ4v) is 3.57. The third-order valence-corrected chi connectivity index (χ3v) is 5.09. The second-order valence-electron chi connectivity index (χ2n) is 5.43. The molecule has 0 saturated carbocycles. The highest BCUT2D eigenvalue weighted by Gasteiger charge is 2.26. The van der Waals surface area contributed by atoms with Crippen LogP contribution in [0.1, 0.15) is 13.8 Å². The van der Waals surface area contributed by atoms with Crippen molar-refractivity contribution in [2.45, 2.75) is 24.3 Å². The molecule has 3 heterocycles. The molecular formula is C15H21N5OS. The van der Waals surface area contributed by atoms with Gasteiger partial charge in [0.05, 0.1) is 5.25 Å². The van der Waals surface area contributed by atoms with Gasteiger partial charge < -0.3 is 9.80 Å². The van der Waals surface area contributed by atoms with E-state index in [0.29, 0.717) is 0 Å². The Labute approximate surface area is 134 Å². The van der Waals surface area contributed by atoms with Crippen molar-refractivity contribution in [1.29, 1.82) is 0 Å². The van der Waals surface area contributed by atoms with Crippen LogP contribution in [0.5, 0.6) is 0 Å². The Morgan fingerprint density at radius 1 is 1.27 bits per heavy atom. The molecule has 22 heavy (non-hydrogen) atoms. The molecule has 0 spiro atoms. The number of piperazine rings is 1. The molecule has 0 unspecified atom stereocenters. The molecule has 2 aromatic rings. The van der Waals surface area contributed by atoms with Crippen molar-refractivity contribution < 1.29 is 4.79 Å². The standard InChI is InChI=1S/C15H21N5OS/c1-3-18-8-10-19(11-9-18)14(21)12(2)22-15-17-16-13-6-4-5-7-20(13)15/h4-7,12H,3,8-11H2,1-2H3/t12-/m0/s1. The Bertz CT molecular complexity index is 650. The smallest absolute Gasteiger partial charge is 0.235 e. The predicted octanol–water partition coefficient (Wildman–Crippen LogP) is 1.37. The van der Waals surface area contributed by atoms with E-state index >= 15 is 0 Å². The minimum absolute atomic E-state index is 0.152. The van der Waals surface area contributed by atoms with Crippen molar-refractivity contribution in [3.05, 3.63) is 24.4 Å². The van der Waals surface area contributed by atoms with E-state index in [2.05, 4.69) is 22.0 Å². The average Bonchev–Trinajstić information content (AvgIpc) is 2.97. The highest BCUT2D eigenvalue weighted by molar-refractivity contribution is 8.00. The molecule has 6 nitrogen and oxygen atoms in total. The number of pyridine rings is 1. The molecule has 7 heteroatoms. The summed E-state index contributed by atoms with van der Waals surface area (Å²) in [5.41, 5.74) is 0.807. The van der Waals surface area contributed by atoms with Gasteiger partial charge in [-0.15, -0.1) is 10.2 Å². The van der Waals surface area contributed by atoms with Crippen LogP contribution in [0.25, 0.3) is 5.65 Å². The van der Waals surface area contributed by atoms with E-state index < -0.39 is 0 Å². The number of nitrogens with zero attached hydrogens (tertiary/aromatic N) is 5.